The van der Waals surface area contributed by atoms with Gasteiger partial charge >= 0.3 is 17.9 Å². The second-order valence-corrected chi connectivity index (χ2v) is 8.55. The van der Waals surface area contributed by atoms with Crippen LogP contribution in [-0.4, -0.2) is 61.4 Å². The van der Waals surface area contributed by atoms with E-state index < -0.39 is 43.0 Å². The van der Waals surface area contributed by atoms with Crippen LogP contribution in [0.15, 0.2) is 48.5 Å². The van der Waals surface area contributed by atoms with E-state index in [1.165, 1.54) is 6.92 Å². The molecule has 0 saturated carbocycles. The van der Waals surface area contributed by atoms with Crippen molar-refractivity contribution in [2.45, 2.75) is 57.3 Å². The van der Waals surface area contributed by atoms with Crippen LogP contribution in [-0.2, 0) is 27.2 Å². The Kier molecular flexibility index (Phi) is 10.4. The molecule has 1 N–H and O–H groups in total. The van der Waals surface area contributed by atoms with Gasteiger partial charge in [-0.3, -0.25) is 9.69 Å². The van der Waals surface area contributed by atoms with Crippen LogP contribution in [0.5, 0.6) is 11.5 Å². The molecule has 0 aliphatic carbocycles. The minimum Gasteiger partial charge on any atom is -0.497 e. The third kappa shape index (κ3) is 9.16. The first-order chi connectivity index (χ1) is 16.5. The fourth-order valence-corrected chi connectivity index (χ4v) is 3.41. The summed E-state index contributed by atoms with van der Waals surface area (Å²) in [4.78, 5) is 24.2. The van der Waals surface area contributed by atoms with Gasteiger partial charge in [0.2, 0.25) is 0 Å². The van der Waals surface area contributed by atoms with E-state index in [0.29, 0.717) is 12.2 Å². The first-order valence-electron chi connectivity index (χ1n) is 11.4. The molecule has 2 atom stereocenters. The molecule has 0 saturated heterocycles. The monoisotopic (exact) mass is 493 g/mol. The minimum atomic E-state index is -3.87. The molecule has 0 aliphatic heterocycles. The highest BCUT2D eigenvalue weighted by molar-refractivity contribution is 5.78. The van der Waals surface area contributed by atoms with Crippen molar-refractivity contribution >= 4 is 11.9 Å². The summed E-state index contributed by atoms with van der Waals surface area (Å²) in [7, 11) is 5.18. The molecule has 0 heterocycles. The number of hydrogen-bond donors (Lipinski definition) is 1. The van der Waals surface area contributed by atoms with Crippen molar-refractivity contribution in [3.63, 3.8) is 0 Å². The number of aryl methyl sites for hydroxylation is 2. The topological polar surface area (TPSA) is 85.3 Å². The van der Waals surface area contributed by atoms with Crippen LogP contribution in [0, 0.1) is 0 Å². The maximum atomic E-state index is 13.9. The summed E-state index contributed by atoms with van der Waals surface area (Å²) in [5.41, 5.74) is 2.10. The number of nitrogens with zero attached hydrogens (tertiary/aromatic N) is 1. The Morgan fingerprint density at radius 1 is 1.09 bits per heavy atom. The number of carboxylic acids is 1. The predicted octanol–water partition coefficient (Wildman–Crippen LogP) is 4.57. The molecule has 0 aliphatic rings. The van der Waals surface area contributed by atoms with Crippen LogP contribution in [0.2, 0.25) is 0 Å². The smallest absolute Gasteiger partial charge is 0.377 e. The van der Waals surface area contributed by atoms with Gasteiger partial charge in [0.25, 0.3) is 0 Å². The van der Waals surface area contributed by atoms with Crippen molar-refractivity contribution in [1.82, 2.24) is 4.90 Å². The van der Waals surface area contributed by atoms with E-state index >= 15 is 0 Å². The predicted molar refractivity (Wildman–Crippen MR) is 127 cm³/mol. The Bertz CT molecular complexity index is 982. The van der Waals surface area contributed by atoms with Gasteiger partial charge in [0.15, 0.2) is 6.23 Å². The zero-order chi connectivity index (χ0) is 26.0. The number of esters is 1. The van der Waals surface area contributed by atoms with E-state index in [1.807, 2.05) is 48.5 Å². The molecule has 35 heavy (non-hydrogen) atoms. The van der Waals surface area contributed by atoms with Gasteiger partial charge in [-0.2, -0.15) is 8.78 Å². The molecule has 0 amide bonds. The number of hydrogen-bond acceptors (Lipinski definition) is 6. The number of benzene rings is 2. The van der Waals surface area contributed by atoms with E-state index in [0.717, 1.165) is 23.3 Å². The number of ether oxygens (including phenoxy) is 3. The molecule has 2 aromatic rings. The summed E-state index contributed by atoms with van der Waals surface area (Å²) in [5, 5.41) is 8.60. The lowest BCUT2D eigenvalue weighted by Gasteiger charge is -2.29. The van der Waals surface area contributed by atoms with Gasteiger partial charge in [0.1, 0.15) is 17.6 Å². The highest BCUT2D eigenvalue weighted by Crippen LogP contribution is 2.26. The first-order valence-corrected chi connectivity index (χ1v) is 11.4. The number of halogens is 2. The molecule has 2 aromatic carbocycles. The van der Waals surface area contributed by atoms with Crippen LogP contribution in [0.25, 0.3) is 0 Å². The van der Waals surface area contributed by atoms with E-state index in [4.69, 9.17) is 19.3 Å². The molecule has 0 unspecified atom stereocenters. The summed E-state index contributed by atoms with van der Waals surface area (Å²) in [6.07, 6.45) is -1.75. The van der Waals surface area contributed by atoms with Crippen molar-refractivity contribution in [2.75, 3.05) is 21.2 Å². The fraction of sp³-hybridized carbons (Fsp3) is 0.462. The van der Waals surface area contributed by atoms with Crippen LogP contribution in [0.4, 0.5) is 8.78 Å². The van der Waals surface area contributed by atoms with Gasteiger partial charge in [0, 0.05) is 12.8 Å². The Balaban J connectivity index is 2.02. The molecule has 0 aromatic heterocycles. The van der Waals surface area contributed by atoms with Gasteiger partial charge in [-0.15, -0.1) is 0 Å². The molecule has 7 nitrogen and oxygen atoms in total. The third-order valence-electron chi connectivity index (χ3n) is 5.42. The lowest BCUT2D eigenvalue weighted by molar-refractivity contribution is -0.180. The molecule has 0 fully saturated rings. The summed E-state index contributed by atoms with van der Waals surface area (Å²) < 4.78 is 44.2. The molecule has 9 heteroatoms. The number of methoxy groups -OCH3 is 1. The molecular formula is C26H33F2NO6. The highest BCUT2D eigenvalue weighted by Gasteiger charge is 2.41. The average molecular weight is 494 g/mol. The largest absolute Gasteiger partial charge is 0.497 e. The molecule has 2 rings (SSSR count). The Labute approximate surface area is 204 Å². The quantitative estimate of drug-likeness (QED) is 0.305. The molecular weight excluding hydrogens is 460 g/mol. The van der Waals surface area contributed by atoms with Crippen LogP contribution in [0.1, 0.15) is 37.3 Å². The fourth-order valence-electron chi connectivity index (χ4n) is 3.41. The van der Waals surface area contributed by atoms with Crippen LogP contribution < -0.4 is 9.47 Å². The van der Waals surface area contributed by atoms with Crippen LogP contribution in [0.3, 0.4) is 0 Å². The average Bonchev–Trinajstić information content (AvgIpc) is 2.81. The maximum Gasteiger partial charge on any atom is 0.377 e. The number of rotatable bonds is 14. The number of carboxylic acid groups (broad SMARTS) is 1. The standard InChI is InChI=1S/C26H33F2NO6/c1-18(34-25(32)26(27,28)15-14-24(30)31)16-23(29(2)3)35-22-11-6-5-9-20(22)13-12-19-8-7-10-21(17-19)33-4/h5-11,17-18,23H,12-16H2,1-4H3,(H,30,31)/t18-,23+/m1/s1. The van der Waals surface area contributed by atoms with Crippen molar-refractivity contribution in [3.05, 3.63) is 59.7 Å². The van der Waals surface area contributed by atoms with E-state index in [9.17, 15) is 18.4 Å². The normalized spacial score (nSPS) is 13.2. The van der Waals surface area contributed by atoms with E-state index in [2.05, 4.69) is 0 Å². The zero-order valence-electron chi connectivity index (χ0n) is 20.5. The number of alkyl halides is 2. The second kappa shape index (κ2) is 13.0. The van der Waals surface area contributed by atoms with Crippen molar-refractivity contribution < 1.29 is 37.7 Å². The SMILES string of the molecule is COc1cccc(CCc2ccccc2O[C@@H](C[C@@H](C)OC(=O)C(F)(F)CCC(=O)O)N(C)C)c1. The lowest BCUT2D eigenvalue weighted by atomic mass is 10.0. The summed E-state index contributed by atoms with van der Waals surface area (Å²) in [6.45, 7) is 1.50. The minimum absolute atomic E-state index is 0.137. The molecule has 0 radical (unpaired) electrons. The summed E-state index contributed by atoms with van der Waals surface area (Å²) in [6, 6.07) is 15.4. The number of carbonyl (C=O) groups is 2. The molecule has 0 spiro atoms. The zero-order valence-corrected chi connectivity index (χ0v) is 20.5. The van der Waals surface area contributed by atoms with Gasteiger partial charge in [0.05, 0.1) is 13.5 Å². The lowest BCUT2D eigenvalue weighted by Crippen LogP contribution is -2.39. The van der Waals surface area contributed by atoms with Gasteiger partial charge in [-0.25, -0.2) is 4.79 Å². The Morgan fingerprint density at radius 3 is 2.46 bits per heavy atom. The second-order valence-electron chi connectivity index (χ2n) is 8.55. The van der Waals surface area contributed by atoms with E-state index in [1.54, 1.807) is 26.1 Å². The summed E-state index contributed by atoms with van der Waals surface area (Å²) >= 11 is 0. The first kappa shape index (κ1) is 28.0. The Morgan fingerprint density at radius 2 is 1.80 bits per heavy atom. The number of aliphatic carboxylic acids is 1. The van der Waals surface area contributed by atoms with Crippen molar-refractivity contribution in [1.29, 1.82) is 0 Å². The number of carbonyl (C=O) groups excluding carboxylic acids is 1. The summed E-state index contributed by atoms with van der Waals surface area (Å²) in [5.74, 6) is -5.57. The van der Waals surface area contributed by atoms with Gasteiger partial charge in [-0.05, 0) is 63.2 Å². The van der Waals surface area contributed by atoms with Crippen molar-refractivity contribution in [3.8, 4) is 11.5 Å². The van der Waals surface area contributed by atoms with E-state index in [-0.39, 0.29) is 6.42 Å². The van der Waals surface area contributed by atoms with Gasteiger partial charge < -0.3 is 19.3 Å². The maximum absolute atomic E-state index is 13.9. The molecule has 0 bridgehead atoms. The number of para-hydroxylation sites is 1. The third-order valence-corrected chi connectivity index (χ3v) is 5.42. The molecule has 192 valence electrons. The highest BCUT2D eigenvalue weighted by atomic mass is 19.3. The van der Waals surface area contributed by atoms with Gasteiger partial charge in [-0.1, -0.05) is 30.3 Å². The Hall–Kier alpha value is -3.20. The van der Waals surface area contributed by atoms with Crippen LogP contribution >= 0.6 is 0 Å². The van der Waals surface area contributed by atoms with Crippen molar-refractivity contribution in [2.24, 2.45) is 0 Å².